The van der Waals surface area contributed by atoms with Gasteiger partial charge in [-0.15, -0.1) is 10.2 Å². The monoisotopic (exact) mass is 528 g/mol. The molecule has 0 aliphatic heterocycles. The maximum absolute atomic E-state index is 13.5. The quantitative estimate of drug-likeness (QED) is 0.345. The van der Waals surface area contributed by atoms with E-state index < -0.39 is 22.5 Å². The van der Waals surface area contributed by atoms with Crippen molar-refractivity contribution in [3.63, 3.8) is 0 Å². The molecule has 1 amide bonds. The molecular weight excluding hydrogens is 508 g/mol. The zero-order valence-electron chi connectivity index (χ0n) is 18.8. The molecule has 0 fully saturated rings. The van der Waals surface area contributed by atoms with Crippen molar-refractivity contribution in [2.75, 3.05) is 23.3 Å². The fourth-order valence-electron chi connectivity index (χ4n) is 3.17. The van der Waals surface area contributed by atoms with Crippen molar-refractivity contribution in [3.8, 4) is 16.3 Å². The first kappa shape index (κ1) is 24.6. The summed E-state index contributed by atoms with van der Waals surface area (Å²) in [4.78, 5) is 13.0. The second-order valence-corrected chi connectivity index (χ2v) is 10.8. The summed E-state index contributed by atoms with van der Waals surface area (Å²) in [7, 11) is -2.55. The molecule has 180 valence electrons. The topological polar surface area (TPSA) is 101 Å². The molecule has 1 N–H and O–H groups in total. The second kappa shape index (κ2) is 10.4. The third-order valence-electron chi connectivity index (χ3n) is 5.02. The van der Waals surface area contributed by atoms with Gasteiger partial charge in [-0.2, -0.15) is 0 Å². The zero-order valence-corrected chi connectivity index (χ0v) is 21.2. The van der Waals surface area contributed by atoms with Crippen LogP contribution >= 0.6 is 22.9 Å². The summed E-state index contributed by atoms with van der Waals surface area (Å²) in [6.45, 7) is 1.44. The molecule has 0 aliphatic rings. The minimum Gasteiger partial charge on any atom is -0.497 e. The van der Waals surface area contributed by atoms with Crippen molar-refractivity contribution in [1.82, 2.24) is 10.2 Å². The number of methoxy groups -OCH3 is 1. The number of rotatable bonds is 8. The second-order valence-electron chi connectivity index (χ2n) is 7.49. The Balaban J connectivity index is 1.58. The van der Waals surface area contributed by atoms with E-state index in [9.17, 15) is 13.2 Å². The Hall–Kier alpha value is -3.47. The van der Waals surface area contributed by atoms with Gasteiger partial charge in [0.25, 0.3) is 10.0 Å². The van der Waals surface area contributed by atoms with Gasteiger partial charge in [0, 0.05) is 10.6 Å². The molecule has 0 unspecified atom stereocenters. The molecule has 11 heteroatoms. The van der Waals surface area contributed by atoms with Crippen molar-refractivity contribution in [1.29, 1.82) is 0 Å². The Bertz CT molecular complexity index is 1420. The van der Waals surface area contributed by atoms with Crippen LogP contribution in [0, 0.1) is 6.92 Å². The molecule has 0 saturated carbocycles. The van der Waals surface area contributed by atoms with Gasteiger partial charge in [-0.3, -0.25) is 14.4 Å². The molecule has 4 aromatic rings. The SMILES string of the molecule is COc1ccc(S(=O)(=O)N(CC(=O)Nc2nnc(-c3ccc(Cl)cc3)s2)c2ccc(C)cc2)cc1. The van der Waals surface area contributed by atoms with Crippen LogP contribution in [0.2, 0.25) is 5.02 Å². The summed E-state index contributed by atoms with van der Waals surface area (Å²) in [6, 6.07) is 20.0. The van der Waals surface area contributed by atoms with Crippen LogP contribution < -0.4 is 14.4 Å². The summed E-state index contributed by atoms with van der Waals surface area (Å²) >= 11 is 7.10. The van der Waals surface area contributed by atoms with E-state index in [1.807, 2.05) is 6.92 Å². The van der Waals surface area contributed by atoms with Crippen molar-refractivity contribution >= 4 is 49.7 Å². The fourth-order valence-corrected chi connectivity index (χ4v) is 5.49. The number of anilines is 2. The summed E-state index contributed by atoms with van der Waals surface area (Å²) in [6.07, 6.45) is 0. The molecular formula is C24H21ClN4O4S2. The number of halogens is 1. The third kappa shape index (κ3) is 5.79. The molecule has 0 saturated heterocycles. The lowest BCUT2D eigenvalue weighted by molar-refractivity contribution is -0.114. The molecule has 3 aromatic carbocycles. The molecule has 1 aromatic heterocycles. The van der Waals surface area contributed by atoms with Crippen LogP contribution in [0.4, 0.5) is 10.8 Å². The van der Waals surface area contributed by atoms with Crippen molar-refractivity contribution in [3.05, 3.63) is 83.4 Å². The summed E-state index contributed by atoms with van der Waals surface area (Å²) in [5.74, 6) is -0.0298. The van der Waals surface area contributed by atoms with E-state index in [0.717, 1.165) is 15.4 Å². The first-order valence-electron chi connectivity index (χ1n) is 10.4. The molecule has 1 heterocycles. The van der Waals surface area contributed by atoms with Gasteiger partial charge in [0.1, 0.15) is 17.3 Å². The number of benzene rings is 3. The molecule has 4 rings (SSSR count). The van der Waals surface area contributed by atoms with E-state index in [1.54, 1.807) is 60.7 Å². The van der Waals surface area contributed by atoms with Gasteiger partial charge >= 0.3 is 0 Å². The third-order valence-corrected chi connectivity index (χ3v) is 7.95. The highest BCUT2D eigenvalue weighted by Crippen LogP contribution is 2.28. The van der Waals surface area contributed by atoms with E-state index in [1.165, 1.54) is 30.6 Å². The normalized spacial score (nSPS) is 11.2. The highest BCUT2D eigenvalue weighted by Gasteiger charge is 2.27. The maximum atomic E-state index is 13.5. The van der Waals surface area contributed by atoms with Crippen LogP contribution in [0.3, 0.4) is 0 Å². The molecule has 0 spiro atoms. The minimum atomic E-state index is -4.05. The smallest absolute Gasteiger partial charge is 0.264 e. The van der Waals surface area contributed by atoms with E-state index >= 15 is 0 Å². The highest BCUT2D eigenvalue weighted by atomic mass is 35.5. The molecule has 0 atom stereocenters. The van der Waals surface area contributed by atoms with Gasteiger partial charge in [-0.25, -0.2) is 8.42 Å². The summed E-state index contributed by atoms with van der Waals surface area (Å²) in [5.41, 5.74) is 2.13. The van der Waals surface area contributed by atoms with Gasteiger partial charge in [0.15, 0.2) is 0 Å². The van der Waals surface area contributed by atoms with Crippen molar-refractivity contribution in [2.24, 2.45) is 0 Å². The number of hydrogen-bond acceptors (Lipinski definition) is 7. The lowest BCUT2D eigenvalue weighted by atomic mass is 10.2. The number of nitrogens with zero attached hydrogens (tertiary/aromatic N) is 3. The Morgan fingerprint density at radius 2 is 1.66 bits per heavy atom. The summed E-state index contributed by atoms with van der Waals surface area (Å²) in [5, 5.41) is 12.2. The van der Waals surface area contributed by atoms with Crippen LogP contribution in [-0.2, 0) is 14.8 Å². The molecule has 0 radical (unpaired) electrons. The zero-order chi connectivity index (χ0) is 25.0. The Kier molecular flexibility index (Phi) is 7.34. The van der Waals surface area contributed by atoms with Crippen LogP contribution in [0.5, 0.6) is 5.75 Å². The number of aryl methyl sites for hydroxylation is 1. The average molecular weight is 529 g/mol. The van der Waals surface area contributed by atoms with Crippen molar-refractivity contribution < 1.29 is 17.9 Å². The Labute approximate surface area is 212 Å². The first-order chi connectivity index (χ1) is 16.8. The number of aromatic nitrogens is 2. The van der Waals surface area contributed by atoms with E-state index in [2.05, 4.69) is 15.5 Å². The minimum absolute atomic E-state index is 0.0348. The van der Waals surface area contributed by atoms with Crippen molar-refractivity contribution in [2.45, 2.75) is 11.8 Å². The van der Waals surface area contributed by atoms with Crippen LogP contribution in [-0.4, -0.2) is 38.2 Å². The van der Waals surface area contributed by atoms with Gasteiger partial charge in [0.2, 0.25) is 11.0 Å². The first-order valence-corrected chi connectivity index (χ1v) is 13.0. The maximum Gasteiger partial charge on any atom is 0.264 e. The highest BCUT2D eigenvalue weighted by molar-refractivity contribution is 7.92. The number of ether oxygens (including phenoxy) is 1. The van der Waals surface area contributed by atoms with E-state index in [4.69, 9.17) is 16.3 Å². The number of nitrogens with one attached hydrogen (secondary N) is 1. The average Bonchev–Trinajstić information content (AvgIpc) is 3.32. The number of amides is 1. The lowest BCUT2D eigenvalue weighted by Gasteiger charge is -2.24. The Morgan fingerprint density at radius 1 is 1.00 bits per heavy atom. The van der Waals surface area contributed by atoms with E-state index in [-0.39, 0.29) is 10.0 Å². The standard InChI is InChI=1S/C24H21ClN4O4S2/c1-16-3-9-19(10-4-16)29(35(31,32)21-13-11-20(33-2)12-14-21)15-22(30)26-24-28-27-23(34-24)17-5-7-18(25)8-6-17/h3-14H,15H2,1-2H3,(H,26,28,30). The molecule has 0 aliphatic carbocycles. The predicted molar refractivity (Wildman–Crippen MR) is 138 cm³/mol. The van der Waals surface area contributed by atoms with Crippen LogP contribution in [0.15, 0.2) is 77.7 Å². The fraction of sp³-hybridized carbons (Fsp3) is 0.125. The van der Waals surface area contributed by atoms with E-state index in [0.29, 0.717) is 21.5 Å². The van der Waals surface area contributed by atoms with Gasteiger partial charge < -0.3 is 4.74 Å². The number of carbonyl (C=O) groups excluding carboxylic acids is 1. The van der Waals surface area contributed by atoms with Crippen LogP contribution in [0.1, 0.15) is 5.56 Å². The number of hydrogen-bond donors (Lipinski definition) is 1. The number of carbonyl (C=O) groups is 1. The predicted octanol–water partition coefficient (Wildman–Crippen LogP) is 5.01. The van der Waals surface area contributed by atoms with Gasteiger partial charge in [-0.05, 0) is 55.5 Å². The largest absolute Gasteiger partial charge is 0.497 e. The summed E-state index contributed by atoms with van der Waals surface area (Å²) < 4.78 is 33.2. The van der Waals surface area contributed by atoms with Gasteiger partial charge in [-0.1, -0.05) is 52.8 Å². The Morgan fingerprint density at radius 3 is 2.29 bits per heavy atom. The van der Waals surface area contributed by atoms with Gasteiger partial charge in [0.05, 0.1) is 17.7 Å². The molecule has 0 bridgehead atoms. The lowest BCUT2D eigenvalue weighted by Crippen LogP contribution is -2.38. The molecule has 8 nitrogen and oxygen atoms in total. The molecule has 35 heavy (non-hydrogen) atoms. The van der Waals surface area contributed by atoms with Crippen LogP contribution in [0.25, 0.3) is 10.6 Å². The number of sulfonamides is 1.